The zero-order valence-corrected chi connectivity index (χ0v) is 7.79. The summed E-state index contributed by atoms with van der Waals surface area (Å²) >= 11 is 0. The number of amides is 2. The molecule has 0 aliphatic carbocycles. The second kappa shape index (κ2) is 3.68. The molecule has 15 heavy (non-hydrogen) atoms. The smallest absolute Gasteiger partial charge is 0.249 e. The molecule has 0 bridgehead atoms. The first-order valence-corrected chi connectivity index (χ1v) is 4.51. The predicted molar refractivity (Wildman–Crippen MR) is 51.6 cm³/mol. The number of nitrogens with one attached hydrogen (secondary N) is 2. The van der Waals surface area contributed by atoms with Gasteiger partial charge in [-0.05, 0) is 24.3 Å². The zero-order valence-electron chi connectivity index (χ0n) is 7.79. The molecule has 1 atom stereocenters. The van der Waals surface area contributed by atoms with Crippen LogP contribution in [0.25, 0.3) is 0 Å². The van der Waals surface area contributed by atoms with Gasteiger partial charge in [-0.2, -0.15) is 0 Å². The van der Waals surface area contributed by atoms with Gasteiger partial charge >= 0.3 is 0 Å². The first-order chi connectivity index (χ1) is 7.15. The van der Waals surface area contributed by atoms with Gasteiger partial charge in [-0.1, -0.05) is 0 Å². The maximum atomic E-state index is 12.6. The molecule has 1 fully saturated rings. The van der Waals surface area contributed by atoms with Crippen LogP contribution in [0.5, 0.6) is 0 Å². The largest absolute Gasteiger partial charge is 0.373 e. The molecule has 5 heteroatoms. The molecule has 2 amide bonds. The second-order valence-electron chi connectivity index (χ2n) is 3.32. The number of carbonyl (C=O) groups is 2. The normalized spacial score (nSPS) is 20.2. The highest BCUT2D eigenvalue weighted by Crippen LogP contribution is 2.13. The van der Waals surface area contributed by atoms with Crippen LogP contribution < -0.4 is 10.6 Å². The summed E-state index contributed by atoms with van der Waals surface area (Å²) < 4.78 is 12.6. The van der Waals surface area contributed by atoms with Crippen LogP contribution in [0.3, 0.4) is 0 Å². The van der Waals surface area contributed by atoms with Gasteiger partial charge in [0.15, 0.2) is 0 Å². The molecule has 2 N–H and O–H groups in total. The first kappa shape index (κ1) is 9.64. The van der Waals surface area contributed by atoms with Crippen molar-refractivity contribution in [3.63, 3.8) is 0 Å². The minimum absolute atomic E-state index is 0.121. The number of rotatable bonds is 2. The van der Waals surface area contributed by atoms with Crippen molar-refractivity contribution in [2.75, 3.05) is 5.32 Å². The maximum Gasteiger partial charge on any atom is 0.249 e. The molecule has 2 rings (SSSR count). The monoisotopic (exact) mass is 208 g/mol. The third-order valence-electron chi connectivity index (χ3n) is 2.15. The van der Waals surface area contributed by atoms with Crippen LogP contribution in [-0.2, 0) is 9.59 Å². The van der Waals surface area contributed by atoms with Gasteiger partial charge in [-0.15, -0.1) is 0 Å². The molecule has 0 spiro atoms. The Hall–Kier alpha value is -1.91. The highest BCUT2D eigenvalue weighted by molar-refractivity contribution is 6.06. The van der Waals surface area contributed by atoms with Gasteiger partial charge in [0.05, 0.1) is 6.42 Å². The van der Waals surface area contributed by atoms with E-state index in [2.05, 4.69) is 10.6 Å². The Morgan fingerprint density at radius 2 is 1.93 bits per heavy atom. The van der Waals surface area contributed by atoms with E-state index in [0.717, 1.165) is 0 Å². The third-order valence-corrected chi connectivity index (χ3v) is 2.15. The third kappa shape index (κ3) is 2.12. The fourth-order valence-corrected chi connectivity index (χ4v) is 1.42. The van der Waals surface area contributed by atoms with Crippen molar-refractivity contribution in [3.05, 3.63) is 30.1 Å². The summed E-state index contributed by atoms with van der Waals surface area (Å²) in [6.45, 7) is 0. The molecule has 0 saturated carbocycles. The standard InChI is InChI=1S/C10H9FN2O2/c11-6-1-3-7(4-2-6)12-8-5-9(14)13-10(8)15/h1-4,8,12H,5H2,(H,13,14,15). The summed E-state index contributed by atoms with van der Waals surface area (Å²) in [6, 6.07) is 5.06. The summed E-state index contributed by atoms with van der Waals surface area (Å²) in [5, 5.41) is 5.03. The Morgan fingerprint density at radius 1 is 1.27 bits per heavy atom. The number of hydrogen-bond acceptors (Lipinski definition) is 3. The Bertz CT molecular complexity index is 402. The Kier molecular flexibility index (Phi) is 2.37. The van der Waals surface area contributed by atoms with Crippen LogP contribution >= 0.6 is 0 Å². The molecule has 1 aliphatic rings. The molecule has 78 valence electrons. The van der Waals surface area contributed by atoms with E-state index in [9.17, 15) is 14.0 Å². The van der Waals surface area contributed by atoms with Gasteiger partial charge in [-0.25, -0.2) is 4.39 Å². The molecule has 0 aromatic heterocycles. The van der Waals surface area contributed by atoms with Crippen LogP contribution in [0, 0.1) is 5.82 Å². The topological polar surface area (TPSA) is 58.2 Å². The fraction of sp³-hybridized carbons (Fsp3) is 0.200. The van der Waals surface area contributed by atoms with E-state index in [0.29, 0.717) is 5.69 Å². The summed E-state index contributed by atoms with van der Waals surface area (Å²) in [6.07, 6.45) is 0.121. The van der Waals surface area contributed by atoms with Crippen LogP contribution in [0.15, 0.2) is 24.3 Å². The van der Waals surface area contributed by atoms with Crippen molar-refractivity contribution in [1.29, 1.82) is 0 Å². The number of imide groups is 1. The van der Waals surface area contributed by atoms with Gasteiger partial charge in [0.2, 0.25) is 11.8 Å². The summed E-state index contributed by atoms with van der Waals surface area (Å²) in [4.78, 5) is 22.1. The highest BCUT2D eigenvalue weighted by Gasteiger charge is 2.30. The van der Waals surface area contributed by atoms with E-state index in [1.807, 2.05) is 0 Å². The lowest BCUT2D eigenvalue weighted by atomic mass is 10.2. The molecule has 4 nitrogen and oxygen atoms in total. The molecule has 1 heterocycles. The Balaban J connectivity index is 2.06. The summed E-state index contributed by atoms with van der Waals surface area (Å²) in [5.74, 6) is -0.976. The Labute approximate surface area is 85.5 Å². The molecule has 1 unspecified atom stereocenters. The predicted octanol–water partition coefficient (Wildman–Crippen LogP) is 0.653. The quantitative estimate of drug-likeness (QED) is 0.702. The SMILES string of the molecule is O=C1CC(Nc2ccc(F)cc2)C(=O)N1. The second-order valence-corrected chi connectivity index (χ2v) is 3.32. The lowest BCUT2D eigenvalue weighted by molar-refractivity contribution is -0.124. The number of halogens is 1. The summed E-state index contributed by atoms with van der Waals surface area (Å²) in [7, 11) is 0. The minimum Gasteiger partial charge on any atom is -0.373 e. The lowest BCUT2D eigenvalue weighted by Gasteiger charge is -2.09. The molecular formula is C10H9FN2O2. The lowest BCUT2D eigenvalue weighted by Crippen LogP contribution is -2.29. The van der Waals surface area contributed by atoms with Crippen molar-refractivity contribution in [3.8, 4) is 0 Å². The van der Waals surface area contributed by atoms with Gasteiger partial charge in [0, 0.05) is 5.69 Å². The van der Waals surface area contributed by atoms with E-state index in [1.165, 1.54) is 24.3 Å². The number of hydrogen-bond donors (Lipinski definition) is 2. The molecule has 0 radical (unpaired) electrons. The van der Waals surface area contributed by atoms with Crippen molar-refractivity contribution < 1.29 is 14.0 Å². The average molecular weight is 208 g/mol. The fourth-order valence-electron chi connectivity index (χ4n) is 1.42. The molecule has 1 aromatic rings. The van der Waals surface area contributed by atoms with Gasteiger partial charge in [0.1, 0.15) is 11.9 Å². The van der Waals surface area contributed by atoms with Crippen LogP contribution in [-0.4, -0.2) is 17.9 Å². The molecule has 1 aliphatic heterocycles. The van der Waals surface area contributed by atoms with Gasteiger partial charge < -0.3 is 5.32 Å². The van der Waals surface area contributed by atoms with Crippen molar-refractivity contribution in [2.24, 2.45) is 0 Å². The number of carbonyl (C=O) groups excluding carboxylic acids is 2. The molecule has 1 aromatic carbocycles. The Morgan fingerprint density at radius 3 is 2.47 bits per heavy atom. The van der Waals surface area contributed by atoms with Crippen LogP contribution in [0.4, 0.5) is 10.1 Å². The van der Waals surface area contributed by atoms with E-state index < -0.39 is 6.04 Å². The maximum absolute atomic E-state index is 12.6. The van der Waals surface area contributed by atoms with Crippen LogP contribution in [0.1, 0.15) is 6.42 Å². The van der Waals surface area contributed by atoms with E-state index in [4.69, 9.17) is 0 Å². The van der Waals surface area contributed by atoms with E-state index in [1.54, 1.807) is 0 Å². The van der Waals surface area contributed by atoms with Crippen molar-refractivity contribution in [2.45, 2.75) is 12.5 Å². The summed E-state index contributed by atoms with van der Waals surface area (Å²) in [5.41, 5.74) is 0.617. The number of benzene rings is 1. The molecule has 1 saturated heterocycles. The zero-order chi connectivity index (χ0) is 10.8. The first-order valence-electron chi connectivity index (χ1n) is 4.51. The van der Waals surface area contributed by atoms with Gasteiger partial charge in [-0.3, -0.25) is 14.9 Å². The van der Waals surface area contributed by atoms with Crippen LogP contribution in [0.2, 0.25) is 0 Å². The molecular weight excluding hydrogens is 199 g/mol. The van der Waals surface area contributed by atoms with E-state index >= 15 is 0 Å². The van der Waals surface area contributed by atoms with E-state index in [-0.39, 0.29) is 24.1 Å². The van der Waals surface area contributed by atoms with Gasteiger partial charge in [0.25, 0.3) is 0 Å². The average Bonchev–Trinajstić information content (AvgIpc) is 2.49. The highest BCUT2D eigenvalue weighted by atomic mass is 19.1. The number of anilines is 1. The van der Waals surface area contributed by atoms with Crippen molar-refractivity contribution in [1.82, 2.24) is 5.32 Å². The van der Waals surface area contributed by atoms with Crippen molar-refractivity contribution >= 4 is 17.5 Å². The minimum atomic E-state index is -0.553.